The van der Waals surface area contributed by atoms with Crippen LogP contribution in [-0.4, -0.2) is 38.8 Å². The predicted octanol–water partition coefficient (Wildman–Crippen LogP) is 2.38. The lowest BCUT2D eigenvalue weighted by Gasteiger charge is -2.68. The Balaban J connectivity index is 1.90. The second kappa shape index (κ2) is 4.86. The fraction of sp³-hybridized carbons (Fsp3) is 0.900. The molecule has 4 fully saturated rings. The highest BCUT2D eigenvalue weighted by Gasteiger charge is 2.77. The van der Waals surface area contributed by atoms with Gasteiger partial charge in [0.1, 0.15) is 5.78 Å². The van der Waals surface area contributed by atoms with Crippen molar-refractivity contribution in [1.82, 2.24) is 0 Å². The van der Waals surface area contributed by atoms with E-state index >= 15 is 0 Å². The molecule has 1 spiro atoms. The van der Waals surface area contributed by atoms with Crippen molar-refractivity contribution in [1.29, 1.82) is 0 Å². The largest absolute Gasteiger partial charge is 0.481 e. The third-order valence-electron chi connectivity index (χ3n) is 9.01. The molecular weight excluding hydrogens is 320 g/mol. The molecule has 0 unspecified atom stereocenters. The molecule has 0 saturated heterocycles. The molecule has 25 heavy (non-hydrogen) atoms. The lowest BCUT2D eigenvalue weighted by Crippen LogP contribution is -2.73. The van der Waals surface area contributed by atoms with E-state index in [4.69, 9.17) is 0 Å². The molecule has 5 nitrogen and oxygen atoms in total. The van der Waals surface area contributed by atoms with Crippen LogP contribution in [0.25, 0.3) is 0 Å². The number of carbonyl (C=O) groups excluding carboxylic acids is 1. The SMILES string of the molecule is C[C@H]1C(=O)[C@]23C[C@@H]1CC[C@@]2(O)[C@]1(C)CCC[C@@](C)(C(=O)O)[C@H]1[C@H](O)C3. The highest BCUT2D eigenvalue weighted by Crippen LogP contribution is 2.72. The van der Waals surface area contributed by atoms with Crippen LogP contribution in [0, 0.1) is 34.0 Å². The lowest BCUT2D eigenvalue weighted by molar-refractivity contribution is -0.280. The maximum absolute atomic E-state index is 13.2. The summed E-state index contributed by atoms with van der Waals surface area (Å²) in [5.74, 6) is -1.12. The first kappa shape index (κ1) is 17.5. The number of carboxylic acids is 1. The van der Waals surface area contributed by atoms with E-state index in [0.717, 1.165) is 6.42 Å². The molecule has 8 atom stereocenters. The second-order valence-corrected chi connectivity index (χ2v) is 9.84. The monoisotopic (exact) mass is 350 g/mol. The van der Waals surface area contributed by atoms with Gasteiger partial charge in [-0.1, -0.05) is 20.3 Å². The highest BCUT2D eigenvalue weighted by atomic mass is 16.4. The lowest BCUT2D eigenvalue weighted by atomic mass is 9.38. The average Bonchev–Trinajstić information content (AvgIpc) is 2.73. The van der Waals surface area contributed by atoms with Crippen LogP contribution in [0.2, 0.25) is 0 Å². The number of aliphatic hydroxyl groups excluding tert-OH is 1. The van der Waals surface area contributed by atoms with Gasteiger partial charge in [-0.05, 0) is 51.4 Å². The molecule has 0 aromatic heterocycles. The first-order valence-corrected chi connectivity index (χ1v) is 9.72. The van der Waals surface area contributed by atoms with E-state index in [1.165, 1.54) is 0 Å². The molecule has 4 saturated carbocycles. The number of aliphatic hydroxyl groups is 2. The maximum atomic E-state index is 13.2. The summed E-state index contributed by atoms with van der Waals surface area (Å²) < 4.78 is 0. The standard InChI is InChI=1S/C20H30O5/c1-11-12-5-8-20(25)18(3)7-4-6-17(2,16(23)24)14(18)13(21)10-19(20,9-12)15(11)22/h11-14,21,25H,4-10H2,1-3H3,(H,23,24)/t11-,12+,13-,14-,17-,18-,19-,20-/m1/s1. The molecule has 0 aromatic carbocycles. The normalized spacial score (nSPS) is 57.7. The number of ketones is 1. The van der Waals surface area contributed by atoms with E-state index in [1.54, 1.807) is 6.92 Å². The Bertz CT molecular complexity index is 646. The van der Waals surface area contributed by atoms with E-state index in [0.29, 0.717) is 32.1 Å². The molecule has 3 N–H and O–H groups in total. The summed E-state index contributed by atoms with van der Waals surface area (Å²) in [5.41, 5.74) is -3.91. The molecule has 0 aromatic rings. The van der Waals surface area contributed by atoms with Gasteiger partial charge in [0.25, 0.3) is 0 Å². The van der Waals surface area contributed by atoms with Crippen LogP contribution in [-0.2, 0) is 9.59 Å². The van der Waals surface area contributed by atoms with Gasteiger partial charge in [0.15, 0.2) is 0 Å². The fourth-order valence-corrected chi connectivity index (χ4v) is 7.78. The number of hydrogen-bond donors (Lipinski definition) is 3. The van der Waals surface area contributed by atoms with E-state index in [9.17, 15) is 24.9 Å². The van der Waals surface area contributed by atoms with Crippen LogP contribution in [0.15, 0.2) is 0 Å². The summed E-state index contributed by atoms with van der Waals surface area (Å²) in [5, 5.41) is 33.0. The van der Waals surface area contributed by atoms with Crippen molar-refractivity contribution < 1.29 is 24.9 Å². The van der Waals surface area contributed by atoms with Crippen LogP contribution >= 0.6 is 0 Å². The van der Waals surface area contributed by atoms with Gasteiger partial charge in [-0.15, -0.1) is 0 Å². The molecule has 4 aliphatic carbocycles. The van der Waals surface area contributed by atoms with Crippen molar-refractivity contribution in [2.45, 2.75) is 77.4 Å². The van der Waals surface area contributed by atoms with Crippen molar-refractivity contribution in [3.63, 3.8) is 0 Å². The number of fused-ring (bicyclic) bond motifs is 3. The van der Waals surface area contributed by atoms with Gasteiger partial charge < -0.3 is 15.3 Å². The smallest absolute Gasteiger partial charge is 0.309 e. The van der Waals surface area contributed by atoms with Crippen LogP contribution < -0.4 is 0 Å². The van der Waals surface area contributed by atoms with Crippen molar-refractivity contribution in [2.75, 3.05) is 0 Å². The van der Waals surface area contributed by atoms with Crippen molar-refractivity contribution >= 4 is 11.8 Å². The Morgan fingerprint density at radius 2 is 1.84 bits per heavy atom. The summed E-state index contributed by atoms with van der Waals surface area (Å²) in [6.07, 6.45) is 3.24. The summed E-state index contributed by atoms with van der Waals surface area (Å²) in [6.45, 7) is 5.61. The van der Waals surface area contributed by atoms with Crippen molar-refractivity contribution in [3.8, 4) is 0 Å². The quantitative estimate of drug-likeness (QED) is 0.675. The molecule has 0 aliphatic heterocycles. The average molecular weight is 350 g/mol. The number of carboxylic acid groups (broad SMARTS) is 1. The molecule has 4 aliphatic rings. The van der Waals surface area contributed by atoms with E-state index in [1.807, 2.05) is 13.8 Å². The highest BCUT2D eigenvalue weighted by molar-refractivity contribution is 5.91. The molecule has 2 bridgehead atoms. The van der Waals surface area contributed by atoms with Crippen LogP contribution in [0.5, 0.6) is 0 Å². The summed E-state index contributed by atoms with van der Waals surface area (Å²) >= 11 is 0. The zero-order valence-corrected chi connectivity index (χ0v) is 15.4. The Morgan fingerprint density at radius 1 is 1.16 bits per heavy atom. The van der Waals surface area contributed by atoms with E-state index < -0.39 is 39.8 Å². The zero-order chi connectivity index (χ0) is 18.4. The molecule has 5 heteroatoms. The number of carbonyl (C=O) groups is 2. The minimum atomic E-state index is -1.21. The van der Waals surface area contributed by atoms with Gasteiger partial charge in [0.05, 0.1) is 22.5 Å². The van der Waals surface area contributed by atoms with Crippen molar-refractivity contribution in [3.05, 3.63) is 0 Å². The minimum Gasteiger partial charge on any atom is -0.481 e. The number of aliphatic carboxylic acids is 1. The zero-order valence-electron chi connectivity index (χ0n) is 15.4. The molecule has 0 radical (unpaired) electrons. The summed E-state index contributed by atoms with van der Waals surface area (Å²) in [4.78, 5) is 25.3. The number of Topliss-reactive ketones (excluding diaryl/α,β-unsaturated/α-hetero) is 1. The first-order valence-electron chi connectivity index (χ1n) is 9.72. The van der Waals surface area contributed by atoms with Gasteiger partial charge in [-0.3, -0.25) is 9.59 Å². The Hall–Kier alpha value is -0.940. The molecular formula is C20H30O5. The predicted molar refractivity (Wildman–Crippen MR) is 90.7 cm³/mol. The molecule has 140 valence electrons. The Morgan fingerprint density at radius 3 is 2.48 bits per heavy atom. The second-order valence-electron chi connectivity index (χ2n) is 9.84. The molecule has 0 heterocycles. The van der Waals surface area contributed by atoms with Gasteiger partial charge in [-0.2, -0.15) is 0 Å². The van der Waals surface area contributed by atoms with Gasteiger partial charge >= 0.3 is 5.97 Å². The minimum absolute atomic E-state index is 0.0733. The number of hydrogen-bond acceptors (Lipinski definition) is 4. The molecule has 4 rings (SSSR count). The maximum Gasteiger partial charge on any atom is 0.309 e. The third kappa shape index (κ3) is 1.72. The van der Waals surface area contributed by atoms with Gasteiger partial charge in [0.2, 0.25) is 0 Å². The summed E-state index contributed by atoms with van der Waals surface area (Å²) in [6, 6.07) is 0. The fourth-order valence-electron chi connectivity index (χ4n) is 7.78. The van der Waals surface area contributed by atoms with Crippen LogP contribution in [0.3, 0.4) is 0 Å². The summed E-state index contributed by atoms with van der Waals surface area (Å²) in [7, 11) is 0. The van der Waals surface area contributed by atoms with Gasteiger partial charge in [0, 0.05) is 17.3 Å². The van der Waals surface area contributed by atoms with Gasteiger partial charge in [-0.25, -0.2) is 0 Å². The van der Waals surface area contributed by atoms with E-state index in [2.05, 4.69) is 0 Å². The first-order chi connectivity index (χ1) is 11.5. The van der Waals surface area contributed by atoms with Crippen LogP contribution in [0.4, 0.5) is 0 Å². The Labute approximate surface area is 148 Å². The van der Waals surface area contributed by atoms with Crippen molar-refractivity contribution in [2.24, 2.45) is 34.0 Å². The topological polar surface area (TPSA) is 94.8 Å². The van der Waals surface area contributed by atoms with E-state index in [-0.39, 0.29) is 24.0 Å². The van der Waals surface area contributed by atoms with Crippen LogP contribution in [0.1, 0.15) is 65.7 Å². The Kier molecular flexibility index (Phi) is 3.40. The number of rotatable bonds is 1. The third-order valence-corrected chi connectivity index (χ3v) is 9.01. The molecule has 0 amide bonds.